The van der Waals surface area contributed by atoms with Gasteiger partial charge in [-0.05, 0) is 32.6 Å². The van der Waals surface area contributed by atoms with Crippen LogP contribution in [0.1, 0.15) is 26.7 Å². The molecule has 0 aromatic carbocycles. The number of likely N-dealkylation sites (N-methyl/N-ethyl adjacent to an activating group) is 1. The lowest BCUT2D eigenvalue weighted by Gasteiger charge is -2.53. The van der Waals surface area contributed by atoms with Crippen molar-refractivity contribution in [2.75, 3.05) is 39.0 Å². The molecular formula is C13H27N3S. The Morgan fingerprint density at radius 1 is 1.35 bits per heavy atom. The molecular weight excluding hydrogens is 230 g/mol. The lowest BCUT2D eigenvalue weighted by Crippen LogP contribution is -2.66. The molecule has 3 nitrogen and oxygen atoms in total. The Bertz CT molecular complexity index is 261. The van der Waals surface area contributed by atoms with Crippen molar-refractivity contribution in [3.05, 3.63) is 0 Å². The minimum Gasteiger partial charge on any atom is -0.329 e. The third-order valence-corrected chi connectivity index (χ3v) is 6.28. The van der Waals surface area contributed by atoms with Gasteiger partial charge in [-0.2, -0.15) is 11.8 Å². The summed E-state index contributed by atoms with van der Waals surface area (Å²) in [6.45, 7) is 9.07. The van der Waals surface area contributed by atoms with Gasteiger partial charge in [0.2, 0.25) is 0 Å². The van der Waals surface area contributed by atoms with Gasteiger partial charge in [-0.25, -0.2) is 0 Å². The molecule has 3 atom stereocenters. The van der Waals surface area contributed by atoms with Crippen LogP contribution in [0.5, 0.6) is 0 Å². The maximum Gasteiger partial charge on any atom is 0.0448 e. The van der Waals surface area contributed by atoms with Crippen LogP contribution in [-0.4, -0.2) is 65.6 Å². The molecule has 0 spiro atoms. The third kappa shape index (κ3) is 2.50. The van der Waals surface area contributed by atoms with E-state index in [0.29, 0.717) is 11.3 Å². The molecule has 0 radical (unpaired) electrons. The Labute approximate surface area is 110 Å². The Morgan fingerprint density at radius 3 is 2.71 bits per heavy atom. The second-order valence-corrected chi connectivity index (χ2v) is 7.15. The van der Waals surface area contributed by atoms with Crippen molar-refractivity contribution in [1.82, 2.24) is 9.80 Å². The highest BCUT2D eigenvalue weighted by molar-refractivity contribution is 8.00. The SMILES string of the molecule is CC1CN(C2(CN)CCCSC2C)CCN1C. The molecule has 2 aliphatic rings. The molecule has 2 aliphatic heterocycles. The van der Waals surface area contributed by atoms with Gasteiger partial charge in [0.25, 0.3) is 0 Å². The first kappa shape index (κ1) is 13.7. The van der Waals surface area contributed by atoms with Crippen LogP contribution < -0.4 is 5.73 Å². The van der Waals surface area contributed by atoms with E-state index in [-0.39, 0.29) is 5.54 Å². The topological polar surface area (TPSA) is 32.5 Å². The third-order valence-electron chi connectivity index (χ3n) is 4.82. The van der Waals surface area contributed by atoms with Crippen molar-refractivity contribution in [1.29, 1.82) is 0 Å². The highest BCUT2D eigenvalue weighted by atomic mass is 32.2. The predicted molar refractivity (Wildman–Crippen MR) is 76.6 cm³/mol. The molecule has 0 aromatic heterocycles. The van der Waals surface area contributed by atoms with Gasteiger partial charge >= 0.3 is 0 Å². The second-order valence-electron chi connectivity index (χ2n) is 5.70. The first-order valence-corrected chi connectivity index (χ1v) is 7.92. The van der Waals surface area contributed by atoms with Crippen molar-refractivity contribution in [2.24, 2.45) is 5.73 Å². The molecule has 100 valence electrons. The average molecular weight is 257 g/mol. The Morgan fingerprint density at radius 2 is 2.12 bits per heavy atom. The minimum absolute atomic E-state index is 0.262. The number of hydrogen-bond donors (Lipinski definition) is 1. The van der Waals surface area contributed by atoms with Crippen molar-refractivity contribution in [2.45, 2.75) is 43.5 Å². The van der Waals surface area contributed by atoms with Gasteiger partial charge in [0.05, 0.1) is 0 Å². The first-order valence-electron chi connectivity index (χ1n) is 6.87. The highest BCUT2D eigenvalue weighted by Gasteiger charge is 2.44. The van der Waals surface area contributed by atoms with Gasteiger partial charge in [-0.1, -0.05) is 6.92 Å². The summed E-state index contributed by atoms with van der Waals surface area (Å²) >= 11 is 2.11. The molecule has 0 aromatic rings. The number of rotatable bonds is 2. The van der Waals surface area contributed by atoms with Gasteiger partial charge in [-0.3, -0.25) is 4.90 Å². The fourth-order valence-electron chi connectivity index (χ4n) is 3.26. The molecule has 2 fully saturated rings. The molecule has 2 saturated heterocycles. The Balaban J connectivity index is 2.11. The Hall–Kier alpha value is 0.230. The van der Waals surface area contributed by atoms with Gasteiger partial charge in [0.1, 0.15) is 0 Å². The molecule has 0 aliphatic carbocycles. The van der Waals surface area contributed by atoms with Crippen LogP contribution in [0.2, 0.25) is 0 Å². The quantitative estimate of drug-likeness (QED) is 0.807. The van der Waals surface area contributed by atoms with E-state index in [1.807, 2.05) is 0 Å². The fourth-order valence-corrected chi connectivity index (χ4v) is 4.60. The summed E-state index contributed by atoms with van der Waals surface area (Å²) in [6, 6.07) is 0.659. The second kappa shape index (κ2) is 5.47. The zero-order valence-corrected chi connectivity index (χ0v) is 12.3. The summed E-state index contributed by atoms with van der Waals surface area (Å²) in [4.78, 5) is 5.15. The minimum atomic E-state index is 0.262. The van der Waals surface area contributed by atoms with E-state index in [4.69, 9.17) is 5.73 Å². The lowest BCUT2D eigenvalue weighted by molar-refractivity contribution is 0.0120. The van der Waals surface area contributed by atoms with E-state index >= 15 is 0 Å². The number of hydrogen-bond acceptors (Lipinski definition) is 4. The molecule has 3 unspecified atom stereocenters. The Kier molecular flexibility index (Phi) is 4.40. The van der Waals surface area contributed by atoms with Gasteiger partial charge in [0.15, 0.2) is 0 Å². The smallest absolute Gasteiger partial charge is 0.0448 e. The maximum absolute atomic E-state index is 6.17. The van der Waals surface area contributed by atoms with Crippen LogP contribution in [0.15, 0.2) is 0 Å². The van der Waals surface area contributed by atoms with E-state index in [9.17, 15) is 0 Å². The molecule has 4 heteroatoms. The number of thioether (sulfide) groups is 1. The zero-order valence-electron chi connectivity index (χ0n) is 11.5. The van der Waals surface area contributed by atoms with E-state index in [1.54, 1.807) is 0 Å². The molecule has 2 rings (SSSR count). The molecule has 17 heavy (non-hydrogen) atoms. The number of piperazine rings is 1. The number of nitrogens with two attached hydrogens (primary N) is 1. The van der Waals surface area contributed by atoms with Crippen molar-refractivity contribution >= 4 is 11.8 Å². The maximum atomic E-state index is 6.17. The number of nitrogens with zero attached hydrogens (tertiary/aromatic N) is 2. The summed E-state index contributed by atoms with van der Waals surface area (Å²) in [5, 5.41) is 0.678. The van der Waals surface area contributed by atoms with Crippen LogP contribution in [0.4, 0.5) is 0 Å². The summed E-state index contributed by atoms with van der Waals surface area (Å²) in [5.74, 6) is 1.31. The van der Waals surface area contributed by atoms with E-state index in [0.717, 1.165) is 6.54 Å². The fraction of sp³-hybridized carbons (Fsp3) is 1.00. The van der Waals surface area contributed by atoms with Crippen molar-refractivity contribution in [3.8, 4) is 0 Å². The summed E-state index contributed by atoms with van der Waals surface area (Å²) in [6.07, 6.45) is 2.61. The van der Waals surface area contributed by atoms with Crippen LogP contribution >= 0.6 is 11.8 Å². The van der Waals surface area contributed by atoms with E-state index in [2.05, 4.69) is 42.5 Å². The lowest BCUT2D eigenvalue weighted by atomic mass is 9.86. The molecule has 2 N–H and O–H groups in total. The standard InChI is InChI=1S/C13H27N3S/c1-11-9-16(7-6-15(11)3)13(10-14)5-4-8-17-12(13)2/h11-12H,4-10,14H2,1-3H3. The molecule has 0 amide bonds. The highest BCUT2D eigenvalue weighted by Crippen LogP contribution is 2.38. The van der Waals surface area contributed by atoms with Crippen LogP contribution in [0.3, 0.4) is 0 Å². The van der Waals surface area contributed by atoms with E-state index in [1.165, 1.54) is 38.2 Å². The van der Waals surface area contributed by atoms with Crippen molar-refractivity contribution in [3.63, 3.8) is 0 Å². The molecule has 0 bridgehead atoms. The molecule has 2 heterocycles. The zero-order chi connectivity index (χ0) is 12.5. The van der Waals surface area contributed by atoms with Crippen LogP contribution in [0.25, 0.3) is 0 Å². The normalized spacial score (nSPS) is 41.6. The molecule has 0 saturated carbocycles. The van der Waals surface area contributed by atoms with Gasteiger partial charge in [0, 0.05) is 43.0 Å². The first-order chi connectivity index (χ1) is 8.10. The van der Waals surface area contributed by atoms with E-state index < -0.39 is 0 Å². The average Bonchev–Trinajstić information content (AvgIpc) is 2.34. The summed E-state index contributed by atoms with van der Waals surface area (Å²) in [7, 11) is 2.23. The summed E-state index contributed by atoms with van der Waals surface area (Å²) < 4.78 is 0. The van der Waals surface area contributed by atoms with Crippen molar-refractivity contribution < 1.29 is 0 Å². The largest absolute Gasteiger partial charge is 0.329 e. The van der Waals surface area contributed by atoms with Gasteiger partial charge < -0.3 is 10.6 Å². The summed E-state index contributed by atoms with van der Waals surface area (Å²) in [5.41, 5.74) is 6.43. The van der Waals surface area contributed by atoms with Gasteiger partial charge in [-0.15, -0.1) is 0 Å². The van der Waals surface area contributed by atoms with Crippen LogP contribution in [0, 0.1) is 0 Å². The van der Waals surface area contributed by atoms with Crippen LogP contribution in [-0.2, 0) is 0 Å². The monoisotopic (exact) mass is 257 g/mol. The predicted octanol–water partition coefficient (Wildman–Crippen LogP) is 1.24.